The topological polar surface area (TPSA) is 74.3 Å². The van der Waals surface area contributed by atoms with Crippen LogP contribution in [0.1, 0.15) is 12.8 Å². The smallest absolute Gasteiger partial charge is 0.355 e. The maximum atomic E-state index is 15.0. The second-order valence-corrected chi connectivity index (χ2v) is 6.33. The van der Waals surface area contributed by atoms with E-state index in [1.54, 1.807) is 18.2 Å². The SMILES string of the molecule is COC(=O)C1=C(C(=O)OC)N(c2c(F)cccc2OC2CCOCC2)C=CC=C1. The zero-order valence-electron chi connectivity index (χ0n) is 16.2. The van der Waals surface area contributed by atoms with Crippen molar-refractivity contribution < 1.29 is 32.9 Å². The molecule has 0 unspecified atom stereocenters. The maximum absolute atomic E-state index is 15.0. The number of nitrogens with zero attached hydrogens (tertiary/aromatic N) is 1. The molecule has 0 N–H and O–H groups in total. The summed E-state index contributed by atoms with van der Waals surface area (Å²) in [6.07, 6.45) is 7.19. The van der Waals surface area contributed by atoms with Gasteiger partial charge in [0.2, 0.25) is 0 Å². The second kappa shape index (κ2) is 9.38. The van der Waals surface area contributed by atoms with Crippen molar-refractivity contribution in [2.45, 2.75) is 18.9 Å². The number of rotatable bonds is 5. The predicted molar refractivity (Wildman–Crippen MR) is 103 cm³/mol. The Kier molecular flexibility index (Phi) is 6.66. The average Bonchev–Trinajstić information content (AvgIpc) is 2.96. The fraction of sp³-hybridized carbons (Fsp3) is 0.333. The number of para-hydroxylation sites is 1. The fourth-order valence-electron chi connectivity index (χ4n) is 3.13. The van der Waals surface area contributed by atoms with E-state index in [0.29, 0.717) is 26.1 Å². The fourth-order valence-corrected chi connectivity index (χ4v) is 3.13. The molecule has 0 saturated carbocycles. The van der Waals surface area contributed by atoms with Gasteiger partial charge in [0.1, 0.15) is 23.2 Å². The van der Waals surface area contributed by atoms with Gasteiger partial charge in [0.25, 0.3) is 0 Å². The minimum Gasteiger partial charge on any atom is -0.488 e. The number of allylic oxidation sites excluding steroid dienone is 2. The van der Waals surface area contributed by atoms with Crippen LogP contribution in [0.15, 0.2) is 53.9 Å². The van der Waals surface area contributed by atoms with E-state index in [1.807, 2.05) is 0 Å². The van der Waals surface area contributed by atoms with Gasteiger partial charge in [0.15, 0.2) is 5.82 Å². The first-order valence-electron chi connectivity index (χ1n) is 9.14. The summed E-state index contributed by atoms with van der Waals surface area (Å²) in [5, 5.41) is 0. The quantitative estimate of drug-likeness (QED) is 0.700. The standard InChI is InChI=1S/C21H22FNO6/c1-26-20(24)15-6-3-4-11-23(18(15)21(25)27-2)19-16(22)7-5-8-17(19)29-14-9-12-28-13-10-14/h3-8,11,14H,9-10,12-13H2,1-2H3. The lowest BCUT2D eigenvalue weighted by Gasteiger charge is -2.28. The van der Waals surface area contributed by atoms with Crippen molar-refractivity contribution in [2.24, 2.45) is 0 Å². The molecule has 2 aliphatic rings. The van der Waals surface area contributed by atoms with Gasteiger partial charge < -0.3 is 23.8 Å². The third-order valence-corrected chi connectivity index (χ3v) is 4.54. The largest absolute Gasteiger partial charge is 0.488 e. The molecule has 0 spiro atoms. The molecule has 1 fully saturated rings. The van der Waals surface area contributed by atoms with Crippen LogP contribution in [-0.2, 0) is 23.8 Å². The lowest BCUT2D eigenvalue weighted by Crippen LogP contribution is -2.30. The van der Waals surface area contributed by atoms with Crippen LogP contribution in [-0.4, -0.2) is 45.5 Å². The molecular formula is C21H22FNO6. The summed E-state index contributed by atoms with van der Waals surface area (Å²) in [5.74, 6) is -1.94. The highest BCUT2D eigenvalue weighted by Gasteiger charge is 2.31. The summed E-state index contributed by atoms with van der Waals surface area (Å²) >= 11 is 0. The molecule has 1 saturated heterocycles. The number of carbonyl (C=O) groups excluding carboxylic acids is 2. The molecule has 3 rings (SSSR count). The maximum Gasteiger partial charge on any atom is 0.355 e. The number of carbonyl (C=O) groups is 2. The zero-order chi connectivity index (χ0) is 20.8. The van der Waals surface area contributed by atoms with Crippen LogP contribution >= 0.6 is 0 Å². The van der Waals surface area contributed by atoms with Crippen molar-refractivity contribution in [3.05, 3.63) is 59.7 Å². The lowest BCUT2D eigenvalue weighted by molar-refractivity contribution is -0.139. The molecule has 0 aromatic heterocycles. The van der Waals surface area contributed by atoms with E-state index >= 15 is 0 Å². The summed E-state index contributed by atoms with van der Waals surface area (Å²) in [5.41, 5.74) is -0.239. The van der Waals surface area contributed by atoms with Gasteiger partial charge in [0.05, 0.1) is 33.0 Å². The van der Waals surface area contributed by atoms with Crippen molar-refractivity contribution in [3.8, 4) is 5.75 Å². The van der Waals surface area contributed by atoms with Gasteiger partial charge in [-0.2, -0.15) is 0 Å². The number of benzene rings is 1. The number of methoxy groups -OCH3 is 2. The van der Waals surface area contributed by atoms with Crippen molar-refractivity contribution >= 4 is 17.6 Å². The minimum absolute atomic E-state index is 0.000690. The van der Waals surface area contributed by atoms with E-state index in [1.165, 1.54) is 43.5 Å². The van der Waals surface area contributed by atoms with E-state index in [0.717, 1.165) is 0 Å². The monoisotopic (exact) mass is 403 g/mol. The Balaban J connectivity index is 2.11. The van der Waals surface area contributed by atoms with Crippen LogP contribution in [0.5, 0.6) is 5.75 Å². The highest BCUT2D eigenvalue weighted by Crippen LogP contribution is 2.37. The Bertz CT molecular complexity index is 870. The van der Waals surface area contributed by atoms with E-state index in [-0.39, 0.29) is 28.8 Å². The minimum atomic E-state index is -0.818. The van der Waals surface area contributed by atoms with Crippen molar-refractivity contribution in [1.82, 2.24) is 0 Å². The molecule has 2 aliphatic heterocycles. The first kappa shape index (κ1) is 20.6. The van der Waals surface area contributed by atoms with Crippen LogP contribution in [0.3, 0.4) is 0 Å². The molecule has 1 aromatic carbocycles. The predicted octanol–water partition coefficient (Wildman–Crippen LogP) is 2.87. The molecule has 2 heterocycles. The number of esters is 2. The third-order valence-electron chi connectivity index (χ3n) is 4.54. The number of hydrogen-bond donors (Lipinski definition) is 0. The summed E-state index contributed by atoms with van der Waals surface area (Å²) in [4.78, 5) is 26.1. The van der Waals surface area contributed by atoms with Gasteiger partial charge in [0, 0.05) is 19.0 Å². The molecule has 7 nitrogen and oxygen atoms in total. The normalized spacial score (nSPS) is 17.1. The highest BCUT2D eigenvalue weighted by atomic mass is 19.1. The number of ether oxygens (including phenoxy) is 4. The van der Waals surface area contributed by atoms with E-state index in [2.05, 4.69) is 0 Å². The van der Waals surface area contributed by atoms with Crippen LogP contribution < -0.4 is 9.64 Å². The van der Waals surface area contributed by atoms with Crippen molar-refractivity contribution in [2.75, 3.05) is 32.3 Å². The second-order valence-electron chi connectivity index (χ2n) is 6.33. The Hall–Kier alpha value is -3.13. The highest BCUT2D eigenvalue weighted by molar-refractivity contribution is 6.05. The third kappa shape index (κ3) is 4.48. The number of halogens is 1. The lowest BCUT2D eigenvalue weighted by atomic mass is 10.1. The Morgan fingerprint density at radius 2 is 1.83 bits per heavy atom. The molecule has 0 atom stereocenters. The molecule has 0 bridgehead atoms. The summed E-state index contributed by atoms with van der Waals surface area (Å²) < 4.78 is 36.0. The first-order valence-corrected chi connectivity index (χ1v) is 9.14. The van der Waals surface area contributed by atoms with E-state index in [9.17, 15) is 14.0 Å². The van der Waals surface area contributed by atoms with Gasteiger partial charge in [-0.25, -0.2) is 14.0 Å². The van der Waals surface area contributed by atoms with E-state index in [4.69, 9.17) is 18.9 Å². The Labute approximate surface area is 168 Å². The van der Waals surface area contributed by atoms with E-state index < -0.39 is 17.8 Å². The number of hydrogen-bond acceptors (Lipinski definition) is 7. The van der Waals surface area contributed by atoms with Gasteiger partial charge in [-0.1, -0.05) is 12.1 Å². The van der Waals surface area contributed by atoms with Crippen LogP contribution in [0.4, 0.5) is 10.1 Å². The van der Waals surface area contributed by atoms with Crippen LogP contribution in [0, 0.1) is 5.82 Å². The van der Waals surface area contributed by atoms with Crippen LogP contribution in [0.25, 0.3) is 0 Å². The molecular weight excluding hydrogens is 381 g/mol. The van der Waals surface area contributed by atoms with Gasteiger partial charge >= 0.3 is 11.9 Å². The van der Waals surface area contributed by atoms with Gasteiger partial charge in [-0.3, -0.25) is 0 Å². The molecule has 0 aliphatic carbocycles. The zero-order valence-corrected chi connectivity index (χ0v) is 16.2. The molecule has 1 aromatic rings. The summed E-state index contributed by atoms with van der Waals surface area (Å²) in [7, 11) is 2.38. The Morgan fingerprint density at radius 1 is 1.10 bits per heavy atom. The Morgan fingerprint density at radius 3 is 2.52 bits per heavy atom. The van der Waals surface area contributed by atoms with Gasteiger partial charge in [-0.05, 0) is 24.3 Å². The summed E-state index contributed by atoms with van der Waals surface area (Å²) in [6.45, 7) is 1.12. The summed E-state index contributed by atoms with van der Waals surface area (Å²) in [6, 6.07) is 4.40. The van der Waals surface area contributed by atoms with Crippen molar-refractivity contribution in [1.29, 1.82) is 0 Å². The van der Waals surface area contributed by atoms with Gasteiger partial charge in [-0.15, -0.1) is 0 Å². The molecule has 8 heteroatoms. The molecule has 0 radical (unpaired) electrons. The molecule has 0 amide bonds. The average molecular weight is 403 g/mol. The van der Waals surface area contributed by atoms with Crippen LogP contribution in [0.2, 0.25) is 0 Å². The number of anilines is 1. The van der Waals surface area contributed by atoms with Crippen molar-refractivity contribution in [3.63, 3.8) is 0 Å². The molecule has 154 valence electrons. The first-order chi connectivity index (χ1) is 14.1. The molecule has 29 heavy (non-hydrogen) atoms.